The lowest BCUT2D eigenvalue weighted by molar-refractivity contribution is -0.176. The van der Waals surface area contributed by atoms with Crippen LogP contribution in [0.1, 0.15) is 39.9 Å². The van der Waals surface area contributed by atoms with Gasteiger partial charge in [0, 0.05) is 25.1 Å². The molecule has 1 heterocycles. The monoisotopic (exact) mass is 293 g/mol. The van der Waals surface area contributed by atoms with Crippen LogP contribution in [-0.4, -0.2) is 31.3 Å². The molecule has 21 heavy (non-hydrogen) atoms. The molecule has 1 aromatic heterocycles. The normalized spacial score (nSPS) is 28.0. The van der Waals surface area contributed by atoms with Crippen LogP contribution in [0.15, 0.2) is 27.8 Å². The van der Waals surface area contributed by atoms with E-state index in [9.17, 15) is 0 Å². The lowest BCUT2D eigenvalue weighted by Gasteiger charge is -2.59. The molecule has 5 heteroatoms. The third-order valence-corrected chi connectivity index (χ3v) is 4.91. The molecule has 0 spiro atoms. The molecule has 1 saturated carbocycles. The topological polar surface area (TPSA) is 58.8 Å². The van der Waals surface area contributed by atoms with Gasteiger partial charge in [0.25, 0.3) is 0 Å². The fourth-order valence-corrected chi connectivity index (χ4v) is 2.77. The Kier molecular flexibility index (Phi) is 4.61. The van der Waals surface area contributed by atoms with E-state index in [1.54, 1.807) is 13.4 Å². The van der Waals surface area contributed by atoms with Crippen LogP contribution in [0.5, 0.6) is 0 Å². The highest BCUT2D eigenvalue weighted by Gasteiger charge is 2.58. The minimum atomic E-state index is -0.0804. The molecular weight excluding hydrogens is 266 g/mol. The van der Waals surface area contributed by atoms with E-state index in [0.717, 1.165) is 24.7 Å². The lowest BCUT2D eigenvalue weighted by Crippen LogP contribution is -2.69. The molecule has 2 rings (SSSR count). The summed E-state index contributed by atoms with van der Waals surface area (Å²) in [5.41, 5.74) is -0.0222. The standard InChI is InChI=1S/C16H27N3O2/c1-6-17-14(18-11-12-8-7-9-21-12)19-13-10-16(4,20-5)15(13,2)3/h7-9,13H,6,10-11H2,1-5H3,(H2,17,18,19). The molecule has 1 fully saturated rings. The SMILES string of the molecule is CCNC(=NCc1ccco1)NC1CC(C)(OC)C1(C)C. The van der Waals surface area contributed by atoms with Crippen LogP contribution in [0.3, 0.4) is 0 Å². The second-order valence-electron chi connectivity index (χ2n) is 6.33. The largest absolute Gasteiger partial charge is 0.467 e. The van der Waals surface area contributed by atoms with Gasteiger partial charge in [-0.3, -0.25) is 0 Å². The van der Waals surface area contributed by atoms with E-state index in [1.165, 1.54) is 0 Å². The number of ether oxygens (including phenoxy) is 1. The average Bonchev–Trinajstić information content (AvgIpc) is 2.97. The Morgan fingerprint density at radius 3 is 2.76 bits per heavy atom. The molecule has 0 saturated heterocycles. The van der Waals surface area contributed by atoms with Crippen LogP contribution in [0, 0.1) is 5.41 Å². The van der Waals surface area contributed by atoms with Crippen molar-refractivity contribution in [3.63, 3.8) is 0 Å². The van der Waals surface area contributed by atoms with Crippen LogP contribution in [0.4, 0.5) is 0 Å². The minimum absolute atomic E-state index is 0.0582. The van der Waals surface area contributed by atoms with Crippen molar-refractivity contribution in [2.24, 2.45) is 10.4 Å². The Bertz CT molecular complexity index is 482. The van der Waals surface area contributed by atoms with Crippen LogP contribution < -0.4 is 10.6 Å². The van der Waals surface area contributed by atoms with Crippen molar-refractivity contribution in [1.82, 2.24) is 10.6 Å². The third kappa shape index (κ3) is 3.07. The Labute approximate surface area is 127 Å². The van der Waals surface area contributed by atoms with Gasteiger partial charge in [0.1, 0.15) is 12.3 Å². The molecule has 0 radical (unpaired) electrons. The Morgan fingerprint density at radius 2 is 2.24 bits per heavy atom. The van der Waals surface area contributed by atoms with Crippen molar-refractivity contribution in [3.05, 3.63) is 24.2 Å². The van der Waals surface area contributed by atoms with Gasteiger partial charge in [0.2, 0.25) is 0 Å². The molecule has 1 aromatic rings. The fraction of sp³-hybridized carbons (Fsp3) is 0.688. The zero-order valence-corrected chi connectivity index (χ0v) is 13.7. The third-order valence-electron chi connectivity index (χ3n) is 4.91. The molecule has 0 aliphatic heterocycles. The number of nitrogens with zero attached hydrogens (tertiary/aromatic N) is 1. The number of guanidine groups is 1. The smallest absolute Gasteiger partial charge is 0.191 e. The van der Waals surface area contributed by atoms with Gasteiger partial charge in [-0.2, -0.15) is 0 Å². The summed E-state index contributed by atoms with van der Waals surface area (Å²) in [5.74, 6) is 1.69. The van der Waals surface area contributed by atoms with Gasteiger partial charge in [-0.05, 0) is 32.4 Å². The van der Waals surface area contributed by atoms with Crippen LogP contribution in [0.25, 0.3) is 0 Å². The molecule has 1 aliphatic rings. The molecule has 0 aromatic carbocycles. The van der Waals surface area contributed by atoms with Crippen molar-refractivity contribution < 1.29 is 9.15 Å². The Balaban J connectivity index is 1.99. The maximum absolute atomic E-state index is 5.66. The molecule has 1 aliphatic carbocycles. The Morgan fingerprint density at radius 1 is 1.48 bits per heavy atom. The van der Waals surface area contributed by atoms with Crippen LogP contribution in [0.2, 0.25) is 0 Å². The van der Waals surface area contributed by atoms with E-state index < -0.39 is 0 Å². The van der Waals surface area contributed by atoms with Gasteiger partial charge >= 0.3 is 0 Å². The summed E-state index contributed by atoms with van der Waals surface area (Å²) in [4.78, 5) is 4.58. The quantitative estimate of drug-likeness (QED) is 0.647. The first-order valence-electron chi connectivity index (χ1n) is 7.55. The average molecular weight is 293 g/mol. The van der Waals surface area contributed by atoms with Gasteiger partial charge in [0.15, 0.2) is 5.96 Å². The molecule has 5 nitrogen and oxygen atoms in total. The van der Waals surface area contributed by atoms with E-state index in [-0.39, 0.29) is 11.0 Å². The number of hydrogen-bond acceptors (Lipinski definition) is 3. The van der Waals surface area contributed by atoms with Crippen molar-refractivity contribution in [3.8, 4) is 0 Å². The summed E-state index contributed by atoms with van der Waals surface area (Å²) < 4.78 is 11.0. The zero-order valence-electron chi connectivity index (χ0n) is 13.7. The van der Waals surface area contributed by atoms with E-state index >= 15 is 0 Å². The van der Waals surface area contributed by atoms with Gasteiger partial charge in [0.05, 0.1) is 11.9 Å². The number of furan rings is 1. The maximum atomic E-state index is 5.66. The van der Waals surface area contributed by atoms with Crippen molar-refractivity contribution >= 4 is 5.96 Å². The highest BCUT2D eigenvalue weighted by atomic mass is 16.5. The van der Waals surface area contributed by atoms with Crippen molar-refractivity contribution in [1.29, 1.82) is 0 Å². The predicted octanol–water partition coefficient (Wildman–Crippen LogP) is 2.54. The highest BCUT2D eigenvalue weighted by Crippen LogP contribution is 2.51. The molecule has 118 valence electrons. The lowest BCUT2D eigenvalue weighted by atomic mass is 9.56. The zero-order chi connectivity index (χ0) is 15.5. The number of nitrogens with one attached hydrogen (secondary N) is 2. The van der Waals surface area contributed by atoms with E-state index in [1.807, 2.05) is 12.1 Å². The van der Waals surface area contributed by atoms with Gasteiger partial charge < -0.3 is 19.8 Å². The second kappa shape index (κ2) is 6.10. The van der Waals surface area contributed by atoms with Crippen LogP contribution >= 0.6 is 0 Å². The molecule has 0 amide bonds. The molecule has 2 N–H and O–H groups in total. The summed E-state index contributed by atoms with van der Waals surface area (Å²) >= 11 is 0. The summed E-state index contributed by atoms with van der Waals surface area (Å²) in [6.45, 7) is 10.1. The molecule has 2 unspecified atom stereocenters. The number of rotatable bonds is 5. The highest BCUT2D eigenvalue weighted by molar-refractivity contribution is 5.80. The molecule has 2 atom stereocenters. The first-order chi connectivity index (χ1) is 9.93. The van der Waals surface area contributed by atoms with E-state index in [0.29, 0.717) is 12.6 Å². The summed E-state index contributed by atoms with van der Waals surface area (Å²) in [7, 11) is 1.79. The molecule has 0 bridgehead atoms. The van der Waals surface area contributed by atoms with E-state index in [2.05, 4.69) is 43.3 Å². The van der Waals surface area contributed by atoms with Crippen molar-refractivity contribution in [2.75, 3.05) is 13.7 Å². The van der Waals surface area contributed by atoms with E-state index in [4.69, 9.17) is 9.15 Å². The number of methoxy groups -OCH3 is 1. The fourth-order valence-electron chi connectivity index (χ4n) is 2.77. The summed E-state index contributed by atoms with van der Waals surface area (Å²) in [6, 6.07) is 4.16. The van der Waals surface area contributed by atoms with Crippen LogP contribution in [-0.2, 0) is 11.3 Å². The summed E-state index contributed by atoms with van der Waals surface area (Å²) in [5, 5.41) is 6.80. The van der Waals surface area contributed by atoms with Gasteiger partial charge in [-0.1, -0.05) is 13.8 Å². The first-order valence-corrected chi connectivity index (χ1v) is 7.55. The van der Waals surface area contributed by atoms with Crippen molar-refractivity contribution in [2.45, 2.75) is 52.3 Å². The number of hydrogen-bond donors (Lipinski definition) is 2. The van der Waals surface area contributed by atoms with Gasteiger partial charge in [-0.25, -0.2) is 4.99 Å². The maximum Gasteiger partial charge on any atom is 0.191 e. The first kappa shape index (κ1) is 15.9. The number of aliphatic imine (C=N–C) groups is 1. The Hall–Kier alpha value is -1.49. The molecular formula is C16H27N3O2. The second-order valence-corrected chi connectivity index (χ2v) is 6.33. The summed E-state index contributed by atoms with van der Waals surface area (Å²) in [6.07, 6.45) is 2.64. The minimum Gasteiger partial charge on any atom is -0.467 e. The van der Waals surface area contributed by atoms with Gasteiger partial charge in [-0.15, -0.1) is 0 Å². The predicted molar refractivity (Wildman–Crippen MR) is 84.3 cm³/mol.